The molecule has 120 valence electrons. The quantitative estimate of drug-likeness (QED) is 0.515. The van der Waals surface area contributed by atoms with Crippen LogP contribution in [0.5, 0.6) is 0 Å². The summed E-state index contributed by atoms with van der Waals surface area (Å²) in [5, 5.41) is 4.78. The Kier molecular flexibility index (Phi) is 7.55. The van der Waals surface area contributed by atoms with Crippen LogP contribution < -0.4 is 10.6 Å². The van der Waals surface area contributed by atoms with Crippen molar-refractivity contribution in [3.05, 3.63) is 35.6 Å². The van der Waals surface area contributed by atoms with Crippen LogP contribution in [-0.4, -0.2) is 51.2 Å². The van der Waals surface area contributed by atoms with Crippen molar-refractivity contribution in [2.24, 2.45) is 0 Å². The molecule has 7 nitrogen and oxygen atoms in total. The number of halogens is 1. The zero-order valence-electron chi connectivity index (χ0n) is 12.1. The zero-order valence-corrected chi connectivity index (χ0v) is 12.1. The summed E-state index contributed by atoms with van der Waals surface area (Å²) in [6.07, 6.45) is 0. The number of benzene rings is 1. The van der Waals surface area contributed by atoms with Crippen LogP contribution in [0, 0.1) is 5.82 Å². The fourth-order valence-electron chi connectivity index (χ4n) is 1.40. The molecule has 0 bridgehead atoms. The van der Waals surface area contributed by atoms with Gasteiger partial charge in [-0.3, -0.25) is 14.4 Å². The summed E-state index contributed by atoms with van der Waals surface area (Å²) in [6.45, 7) is -0.155. The van der Waals surface area contributed by atoms with Crippen molar-refractivity contribution in [2.45, 2.75) is 0 Å². The molecule has 0 aliphatic heterocycles. The van der Waals surface area contributed by atoms with Gasteiger partial charge in [-0.25, -0.2) is 4.39 Å². The lowest BCUT2D eigenvalue weighted by Crippen LogP contribution is -2.34. The van der Waals surface area contributed by atoms with E-state index >= 15 is 0 Å². The summed E-state index contributed by atoms with van der Waals surface area (Å²) in [7, 11) is 1.50. The third-order valence-electron chi connectivity index (χ3n) is 2.49. The Bertz CT molecular complexity index is 518. The predicted octanol–water partition coefficient (Wildman–Crippen LogP) is -0.139. The van der Waals surface area contributed by atoms with Gasteiger partial charge in [0.05, 0.1) is 6.61 Å². The fraction of sp³-hybridized carbons (Fsp3) is 0.357. The van der Waals surface area contributed by atoms with Crippen molar-refractivity contribution >= 4 is 17.8 Å². The Morgan fingerprint density at radius 3 is 2.45 bits per heavy atom. The van der Waals surface area contributed by atoms with Gasteiger partial charge in [0.25, 0.3) is 11.8 Å². The van der Waals surface area contributed by atoms with E-state index in [4.69, 9.17) is 4.74 Å². The maximum absolute atomic E-state index is 12.7. The molecule has 0 heterocycles. The Morgan fingerprint density at radius 1 is 1.14 bits per heavy atom. The van der Waals surface area contributed by atoms with E-state index in [0.29, 0.717) is 13.2 Å². The van der Waals surface area contributed by atoms with Crippen LogP contribution in [0.4, 0.5) is 4.39 Å². The van der Waals surface area contributed by atoms with Gasteiger partial charge in [0.1, 0.15) is 12.4 Å². The van der Waals surface area contributed by atoms with Gasteiger partial charge in [-0.2, -0.15) is 0 Å². The first-order valence-corrected chi connectivity index (χ1v) is 6.48. The highest BCUT2D eigenvalue weighted by molar-refractivity contribution is 5.96. The number of hydrogen-bond acceptors (Lipinski definition) is 5. The number of hydrogen-bond donors (Lipinski definition) is 2. The zero-order chi connectivity index (χ0) is 16.4. The minimum Gasteiger partial charge on any atom is -0.454 e. The van der Waals surface area contributed by atoms with Gasteiger partial charge in [-0.15, -0.1) is 0 Å². The van der Waals surface area contributed by atoms with E-state index in [0.717, 1.165) is 12.1 Å². The molecular weight excluding hydrogens is 295 g/mol. The number of nitrogens with one attached hydrogen (secondary N) is 2. The largest absolute Gasteiger partial charge is 0.454 e. The maximum Gasteiger partial charge on any atom is 0.325 e. The van der Waals surface area contributed by atoms with Crippen molar-refractivity contribution in [2.75, 3.05) is 33.4 Å². The summed E-state index contributed by atoms with van der Waals surface area (Å²) in [4.78, 5) is 34.3. The summed E-state index contributed by atoms with van der Waals surface area (Å²) in [5.74, 6) is -2.22. The Labute approximate surface area is 126 Å². The van der Waals surface area contributed by atoms with Gasteiger partial charge in [0.15, 0.2) is 6.61 Å². The van der Waals surface area contributed by atoms with Gasteiger partial charge >= 0.3 is 5.97 Å². The molecule has 1 aromatic rings. The maximum atomic E-state index is 12.7. The van der Waals surface area contributed by atoms with Crippen LogP contribution in [0.25, 0.3) is 0 Å². The molecule has 0 spiro atoms. The van der Waals surface area contributed by atoms with Crippen molar-refractivity contribution < 1.29 is 28.2 Å². The smallest absolute Gasteiger partial charge is 0.325 e. The van der Waals surface area contributed by atoms with E-state index in [1.54, 1.807) is 0 Å². The van der Waals surface area contributed by atoms with E-state index in [-0.39, 0.29) is 12.1 Å². The van der Waals surface area contributed by atoms with Crippen molar-refractivity contribution in [3.8, 4) is 0 Å². The van der Waals surface area contributed by atoms with Crippen LogP contribution in [0.3, 0.4) is 0 Å². The lowest BCUT2D eigenvalue weighted by atomic mass is 10.2. The summed E-state index contributed by atoms with van der Waals surface area (Å²) < 4.78 is 22.1. The first kappa shape index (κ1) is 17.6. The van der Waals surface area contributed by atoms with E-state index in [1.165, 1.54) is 19.2 Å². The molecule has 0 aliphatic rings. The Balaban J connectivity index is 2.24. The number of ether oxygens (including phenoxy) is 2. The number of carbonyl (C=O) groups is 3. The Morgan fingerprint density at radius 2 is 1.82 bits per heavy atom. The normalized spacial score (nSPS) is 9.91. The average Bonchev–Trinajstić information content (AvgIpc) is 2.51. The third-order valence-corrected chi connectivity index (χ3v) is 2.49. The van der Waals surface area contributed by atoms with Crippen LogP contribution in [0.2, 0.25) is 0 Å². The number of carbonyl (C=O) groups excluding carboxylic acids is 3. The van der Waals surface area contributed by atoms with E-state index < -0.39 is 30.2 Å². The second kappa shape index (κ2) is 9.46. The van der Waals surface area contributed by atoms with Gasteiger partial charge in [0, 0.05) is 19.2 Å². The monoisotopic (exact) mass is 312 g/mol. The van der Waals surface area contributed by atoms with Crippen molar-refractivity contribution in [1.82, 2.24) is 10.6 Å². The summed E-state index contributed by atoms with van der Waals surface area (Å²) >= 11 is 0. The first-order chi connectivity index (χ1) is 10.5. The fourth-order valence-corrected chi connectivity index (χ4v) is 1.40. The third kappa shape index (κ3) is 6.80. The molecule has 0 aromatic heterocycles. The van der Waals surface area contributed by atoms with E-state index in [1.807, 2.05) is 0 Å². The van der Waals surface area contributed by atoms with E-state index in [9.17, 15) is 18.8 Å². The van der Waals surface area contributed by atoms with Crippen molar-refractivity contribution in [3.63, 3.8) is 0 Å². The first-order valence-electron chi connectivity index (χ1n) is 6.48. The highest BCUT2D eigenvalue weighted by Crippen LogP contribution is 2.02. The van der Waals surface area contributed by atoms with E-state index in [2.05, 4.69) is 15.4 Å². The van der Waals surface area contributed by atoms with Crippen LogP contribution in [-0.2, 0) is 19.1 Å². The molecule has 0 atom stereocenters. The number of methoxy groups -OCH3 is 1. The molecule has 0 aliphatic carbocycles. The second-order valence-electron chi connectivity index (χ2n) is 4.19. The standard InChI is InChI=1S/C14H17FN2O5/c1-21-7-6-16-12(18)9-22-13(19)8-17-14(20)10-2-4-11(15)5-3-10/h2-5H,6-9H2,1H3,(H,16,18)(H,17,20). The van der Waals surface area contributed by atoms with Gasteiger partial charge in [-0.1, -0.05) is 0 Å². The molecule has 1 aromatic carbocycles. The molecule has 1 rings (SSSR count). The number of amides is 2. The summed E-state index contributed by atoms with van der Waals surface area (Å²) in [6, 6.07) is 4.85. The van der Waals surface area contributed by atoms with Crippen LogP contribution >= 0.6 is 0 Å². The van der Waals surface area contributed by atoms with Gasteiger partial charge in [0.2, 0.25) is 0 Å². The minimum atomic E-state index is -0.752. The highest BCUT2D eigenvalue weighted by Gasteiger charge is 2.10. The Hall–Kier alpha value is -2.48. The molecule has 2 N–H and O–H groups in total. The molecule has 8 heteroatoms. The molecule has 0 saturated carbocycles. The number of esters is 1. The molecule has 2 amide bonds. The number of rotatable bonds is 8. The van der Waals surface area contributed by atoms with Crippen molar-refractivity contribution in [1.29, 1.82) is 0 Å². The SMILES string of the molecule is COCCNC(=O)COC(=O)CNC(=O)c1ccc(F)cc1. The molecule has 0 fully saturated rings. The second-order valence-corrected chi connectivity index (χ2v) is 4.19. The van der Waals surface area contributed by atoms with Gasteiger partial charge < -0.3 is 20.1 Å². The molecule has 22 heavy (non-hydrogen) atoms. The van der Waals surface area contributed by atoms with Gasteiger partial charge in [-0.05, 0) is 24.3 Å². The minimum absolute atomic E-state index is 0.214. The lowest BCUT2D eigenvalue weighted by molar-refractivity contribution is -0.147. The molecule has 0 saturated heterocycles. The van der Waals surface area contributed by atoms with Crippen LogP contribution in [0.15, 0.2) is 24.3 Å². The lowest BCUT2D eigenvalue weighted by Gasteiger charge is -2.07. The average molecular weight is 312 g/mol. The predicted molar refractivity (Wildman–Crippen MR) is 74.6 cm³/mol. The molecular formula is C14H17FN2O5. The summed E-state index contributed by atoms with van der Waals surface area (Å²) in [5.41, 5.74) is 0.214. The molecule has 0 radical (unpaired) electrons. The highest BCUT2D eigenvalue weighted by atomic mass is 19.1. The van der Waals surface area contributed by atoms with Crippen LogP contribution in [0.1, 0.15) is 10.4 Å². The molecule has 0 unspecified atom stereocenters. The topological polar surface area (TPSA) is 93.7 Å².